The van der Waals surface area contributed by atoms with Gasteiger partial charge in [0.2, 0.25) is 0 Å². The lowest BCUT2D eigenvalue weighted by Crippen LogP contribution is -2.59. The van der Waals surface area contributed by atoms with Crippen LogP contribution in [0.5, 0.6) is 0 Å². The highest BCUT2D eigenvalue weighted by Crippen LogP contribution is 2.21. The molecule has 0 saturated carbocycles. The number of carbonyl (C=O) groups excluding carboxylic acids is 1. The van der Waals surface area contributed by atoms with E-state index in [2.05, 4.69) is 0 Å². The van der Waals surface area contributed by atoms with Crippen molar-refractivity contribution in [3.8, 4) is 0 Å². The normalized spacial score (nSPS) is 36.9. The zero-order chi connectivity index (χ0) is 13.9. The standard InChI is InChI=1S/C11H20O7/c1-5(2)6(13)4-17-11-10(16)9(15)8(14)7(3-12)18-11/h5,7-12,14-16H,3-4H2,1-2H3/t7-,8-,9+,10-,11?/m1/s1. The number of ketones is 1. The number of hydrogen-bond donors (Lipinski definition) is 4. The molecule has 18 heavy (non-hydrogen) atoms. The quantitative estimate of drug-likeness (QED) is 0.455. The molecule has 7 nitrogen and oxygen atoms in total. The molecule has 0 radical (unpaired) electrons. The Morgan fingerprint density at radius 3 is 2.33 bits per heavy atom. The number of ether oxygens (including phenoxy) is 2. The number of carbonyl (C=O) groups is 1. The molecule has 0 amide bonds. The molecule has 0 bridgehead atoms. The number of Topliss-reactive ketones (excluding diaryl/α,β-unsaturated/α-hetero) is 1. The smallest absolute Gasteiger partial charge is 0.187 e. The van der Waals surface area contributed by atoms with Crippen LogP contribution in [0.3, 0.4) is 0 Å². The Bertz CT molecular complexity index is 279. The second kappa shape index (κ2) is 6.55. The van der Waals surface area contributed by atoms with Gasteiger partial charge in [-0.2, -0.15) is 0 Å². The maximum absolute atomic E-state index is 11.4. The Labute approximate surface area is 105 Å². The van der Waals surface area contributed by atoms with Crippen LogP contribution in [0, 0.1) is 5.92 Å². The summed E-state index contributed by atoms with van der Waals surface area (Å²) in [5, 5.41) is 37.6. The first-order valence-corrected chi connectivity index (χ1v) is 5.83. The molecule has 0 spiro atoms. The molecule has 4 N–H and O–H groups in total. The SMILES string of the molecule is CC(C)C(=O)COC1O[C@H](CO)[C@@H](O)[C@H](O)[C@H]1O. The van der Waals surface area contributed by atoms with Crippen LogP contribution in [-0.4, -0.2) is 70.1 Å². The van der Waals surface area contributed by atoms with E-state index in [-0.39, 0.29) is 18.3 Å². The molecule has 1 rings (SSSR count). The minimum atomic E-state index is -1.49. The fourth-order valence-corrected chi connectivity index (χ4v) is 1.54. The molecule has 0 aromatic heterocycles. The molecule has 7 heteroatoms. The van der Waals surface area contributed by atoms with Gasteiger partial charge in [-0.05, 0) is 0 Å². The van der Waals surface area contributed by atoms with Crippen molar-refractivity contribution < 1.29 is 34.7 Å². The zero-order valence-corrected chi connectivity index (χ0v) is 10.4. The van der Waals surface area contributed by atoms with E-state index >= 15 is 0 Å². The van der Waals surface area contributed by atoms with Gasteiger partial charge in [-0.1, -0.05) is 13.8 Å². The van der Waals surface area contributed by atoms with Crippen molar-refractivity contribution in [2.45, 2.75) is 44.6 Å². The van der Waals surface area contributed by atoms with Crippen LogP contribution >= 0.6 is 0 Å². The number of aliphatic hydroxyl groups excluding tert-OH is 4. The van der Waals surface area contributed by atoms with Crippen molar-refractivity contribution in [3.05, 3.63) is 0 Å². The molecule has 1 fully saturated rings. The van der Waals surface area contributed by atoms with Crippen LogP contribution < -0.4 is 0 Å². The Kier molecular flexibility index (Phi) is 5.64. The van der Waals surface area contributed by atoms with Crippen molar-refractivity contribution in [3.63, 3.8) is 0 Å². The molecule has 1 saturated heterocycles. The van der Waals surface area contributed by atoms with E-state index in [4.69, 9.17) is 14.6 Å². The topological polar surface area (TPSA) is 116 Å². The molecular formula is C11H20O7. The molecule has 5 atom stereocenters. The minimum Gasteiger partial charge on any atom is -0.394 e. The summed E-state index contributed by atoms with van der Waals surface area (Å²) in [5.41, 5.74) is 0. The van der Waals surface area contributed by atoms with E-state index in [1.54, 1.807) is 13.8 Å². The van der Waals surface area contributed by atoms with E-state index in [1.807, 2.05) is 0 Å². The predicted octanol–water partition coefficient (Wildman–Crippen LogP) is -1.97. The van der Waals surface area contributed by atoms with Gasteiger partial charge >= 0.3 is 0 Å². The van der Waals surface area contributed by atoms with E-state index in [9.17, 15) is 20.1 Å². The van der Waals surface area contributed by atoms with Crippen molar-refractivity contribution in [1.29, 1.82) is 0 Å². The van der Waals surface area contributed by atoms with Crippen LogP contribution in [0.25, 0.3) is 0 Å². The van der Waals surface area contributed by atoms with Crippen LogP contribution in [0.2, 0.25) is 0 Å². The predicted molar refractivity (Wildman–Crippen MR) is 59.6 cm³/mol. The largest absolute Gasteiger partial charge is 0.394 e. The Morgan fingerprint density at radius 2 is 1.83 bits per heavy atom. The fraction of sp³-hybridized carbons (Fsp3) is 0.909. The second-order valence-corrected chi connectivity index (χ2v) is 4.63. The van der Waals surface area contributed by atoms with E-state index in [1.165, 1.54) is 0 Å². The van der Waals surface area contributed by atoms with Gasteiger partial charge in [-0.3, -0.25) is 4.79 Å². The second-order valence-electron chi connectivity index (χ2n) is 4.63. The summed E-state index contributed by atoms with van der Waals surface area (Å²) in [6.07, 6.45) is -6.66. The monoisotopic (exact) mass is 264 g/mol. The van der Waals surface area contributed by atoms with Crippen molar-refractivity contribution in [2.75, 3.05) is 13.2 Å². The van der Waals surface area contributed by atoms with Gasteiger partial charge in [0.25, 0.3) is 0 Å². The first-order valence-electron chi connectivity index (χ1n) is 5.83. The molecule has 106 valence electrons. The van der Waals surface area contributed by atoms with Crippen LogP contribution in [0.15, 0.2) is 0 Å². The lowest BCUT2D eigenvalue weighted by atomic mass is 9.99. The summed E-state index contributed by atoms with van der Waals surface area (Å²) < 4.78 is 10.1. The lowest BCUT2D eigenvalue weighted by Gasteiger charge is -2.39. The summed E-state index contributed by atoms with van der Waals surface area (Å²) in [6, 6.07) is 0. The van der Waals surface area contributed by atoms with Gasteiger partial charge in [0, 0.05) is 5.92 Å². The Morgan fingerprint density at radius 1 is 1.22 bits per heavy atom. The van der Waals surface area contributed by atoms with Crippen molar-refractivity contribution >= 4 is 5.78 Å². The summed E-state index contributed by atoms with van der Waals surface area (Å²) in [6.45, 7) is 2.63. The molecular weight excluding hydrogens is 244 g/mol. The van der Waals surface area contributed by atoms with Gasteiger partial charge in [-0.15, -0.1) is 0 Å². The molecule has 0 aliphatic carbocycles. The molecule has 1 aliphatic heterocycles. The molecule has 0 aromatic carbocycles. The molecule has 1 aliphatic rings. The van der Waals surface area contributed by atoms with Gasteiger partial charge < -0.3 is 29.9 Å². The first kappa shape index (κ1) is 15.5. The summed E-state index contributed by atoms with van der Waals surface area (Å²) >= 11 is 0. The number of rotatable bonds is 5. The third-order valence-electron chi connectivity index (χ3n) is 2.88. The van der Waals surface area contributed by atoms with Gasteiger partial charge in [0.15, 0.2) is 12.1 Å². The van der Waals surface area contributed by atoms with Gasteiger partial charge in [0.1, 0.15) is 31.0 Å². The van der Waals surface area contributed by atoms with Crippen LogP contribution in [0.1, 0.15) is 13.8 Å². The van der Waals surface area contributed by atoms with E-state index < -0.39 is 37.3 Å². The van der Waals surface area contributed by atoms with E-state index in [0.717, 1.165) is 0 Å². The molecule has 1 unspecified atom stereocenters. The summed E-state index contributed by atoms with van der Waals surface area (Å²) in [5.74, 6) is -0.387. The highest BCUT2D eigenvalue weighted by atomic mass is 16.7. The lowest BCUT2D eigenvalue weighted by molar-refractivity contribution is -0.299. The zero-order valence-electron chi connectivity index (χ0n) is 10.4. The average Bonchev–Trinajstić information content (AvgIpc) is 2.34. The number of hydrogen-bond acceptors (Lipinski definition) is 7. The van der Waals surface area contributed by atoms with Crippen LogP contribution in [0.4, 0.5) is 0 Å². The first-order chi connectivity index (χ1) is 8.38. The van der Waals surface area contributed by atoms with Gasteiger partial charge in [-0.25, -0.2) is 0 Å². The average molecular weight is 264 g/mol. The van der Waals surface area contributed by atoms with Crippen LogP contribution in [-0.2, 0) is 14.3 Å². The molecule has 0 aromatic rings. The summed E-state index contributed by atoms with van der Waals surface area (Å²) in [7, 11) is 0. The van der Waals surface area contributed by atoms with Crippen molar-refractivity contribution in [2.24, 2.45) is 5.92 Å². The van der Waals surface area contributed by atoms with Gasteiger partial charge in [0.05, 0.1) is 6.61 Å². The van der Waals surface area contributed by atoms with Crippen molar-refractivity contribution in [1.82, 2.24) is 0 Å². The Balaban J connectivity index is 2.57. The Hall–Kier alpha value is -0.570. The van der Waals surface area contributed by atoms with E-state index in [0.29, 0.717) is 0 Å². The fourth-order valence-electron chi connectivity index (χ4n) is 1.54. The highest BCUT2D eigenvalue weighted by molar-refractivity contribution is 5.81. The summed E-state index contributed by atoms with van der Waals surface area (Å²) in [4.78, 5) is 11.4. The maximum atomic E-state index is 11.4. The minimum absolute atomic E-state index is 0.174. The number of aliphatic hydroxyl groups is 4. The third-order valence-corrected chi connectivity index (χ3v) is 2.88. The third kappa shape index (κ3) is 3.47. The maximum Gasteiger partial charge on any atom is 0.187 e. The highest BCUT2D eigenvalue weighted by Gasteiger charge is 2.44. The molecule has 1 heterocycles.